The molecule has 0 saturated heterocycles. The average molecular weight is 424 g/mol. The maximum absolute atomic E-state index is 12.4. The third kappa shape index (κ3) is 7.78. The lowest BCUT2D eigenvalue weighted by atomic mass is 10.0. The van der Waals surface area contributed by atoms with Gasteiger partial charge in [-0.2, -0.15) is 0 Å². The van der Waals surface area contributed by atoms with Crippen LogP contribution in [0.1, 0.15) is 19.4 Å². The number of aliphatic hydroxyl groups excluding tert-OH is 2. The fraction of sp³-hybridized carbons (Fsp3) is 0.474. The first kappa shape index (κ1) is 25.0. The molecule has 5 atom stereocenters. The Kier molecular flexibility index (Phi) is 9.89. The lowest BCUT2D eigenvalue weighted by molar-refractivity contribution is -0.143. The van der Waals surface area contributed by atoms with Crippen molar-refractivity contribution in [3.05, 3.63) is 35.9 Å². The molecule has 0 aliphatic rings. The summed E-state index contributed by atoms with van der Waals surface area (Å²) in [4.78, 5) is 47.7. The summed E-state index contributed by atoms with van der Waals surface area (Å²) in [6, 6.07) is 3.92. The van der Waals surface area contributed by atoms with Crippen molar-refractivity contribution in [1.29, 1.82) is 0 Å². The van der Waals surface area contributed by atoms with Gasteiger partial charge < -0.3 is 37.0 Å². The Bertz CT molecular complexity index is 742. The largest absolute Gasteiger partial charge is 0.480 e. The number of hydrogen-bond donors (Lipinski definition) is 7. The van der Waals surface area contributed by atoms with Crippen LogP contribution in [0.3, 0.4) is 0 Å². The van der Waals surface area contributed by atoms with Crippen LogP contribution in [0.25, 0.3) is 0 Å². The Labute approximate surface area is 173 Å². The fourth-order valence-electron chi connectivity index (χ4n) is 2.48. The predicted molar refractivity (Wildman–Crippen MR) is 106 cm³/mol. The van der Waals surface area contributed by atoms with Gasteiger partial charge in [0.25, 0.3) is 0 Å². The van der Waals surface area contributed by atoms with Crippen LogP contribution in [0.15, 0.2) is 30.3 Å². The van der Waals surface area contributed by atoms with E-state index in [1.165, 1.54) is 13.8 Å². The molecular weight excluding hydrogens is 396 g/mol. The Hall–Kier alpha value is -3.02. The topological polar surface area (TPSA) is 191 Å². The van der Waals surface area contributed by atoms with Crippen LogP contribution in [0.4, 0.5) is 0 Å². The van der Waals surface area contributed by atoms with Crippen molar-refractivity contribution in [1.82, 2.24) is 16.0 Å². The monoisotopic (exact) mass is 424 g/mol. The number of aliphatic hydroxyl groups is 2. The minimum Gasteiger partial charge on any atom is -0.480 e. The molecule has 0 bridgehead atoms. The maximum atomic E-state index is 12.4. The molecule has 3 amide bonds. The number of carboxylic acid groups (broad SMARTS) is 1. The van der Waals surface area contributed by atoms with Crippen molar-refractivity contribution in [3.63, 3.8) is 0 Å². The molecule has 1 rings (SSSR count). The smallest absolute Gasteiger partial charge is 0.328 e. The zero-order valence-corrected chi connectivity index (χ0v) is 16.7. The Morgan fingerprint density at radius 3 is 2.07 bits per heavy atom. The normalized spacial score (nSPS) is 15.8. The second kappa shape index (κ2) is 11.9. The third-order valence-corrected chi connectivity index (χ3v) is 4.25. The number of amides is 3. The zero-order valence-electron chi connectivity index (χ0n) is 16.7. The van der Waals surface area contributed by atoms with Gasteiger partial charge in [-0.25, -0.2) is 4.79 Å². The van der Waals surface area contributed by atoms with Crippen molar-refractivity contribution >= 4 is 23.7 Å². The van der Waals surface area contributed by atoms with Crippen LogP contribution in [0.2, 0.25) is 0 Å². The van der Waals surface area contributed by atoms with Gasteiger partial charge in [-0.3, -0.25) is 14.4 Å². The minimum atomic E-state index is -1.53. The number of nitrogens with one attached hydrogen (secondary N) is 3. The van der Waals surface area contributed by atoms with Gasteiger partial charge in [-0.05, 0) is 25.8 Å². The van der Waals surface area contributed by atoms with Gasteiger partial charge in [0.15, 0.2) is 0 Å². The first-order valence-corrected chi connectivity index (χ1v) is 9.29. The van der Waals surface area contributed by atoms with E-state index in [1.807, 2.05) is 6.07 Å². The fourth-order valence-corrected chi connectivity index (χ4v) is 2.48. The predicted octanol–water partition coefficient (Wildman–Crippen LogP) is -2.51. The molecular formula is C19H28N4O7. The summed E-state index contributed by atoms with van der Waals surface area (Å²) >= 11 is 0. The summed E-state index contributed by atoms with van der Waals surface area (Å²) in [5.41, 5.74) is 6.70. The molecule has 0 heterocycles. The van der Waals surface area contributed by atoms with E-state index in [2.05, 4.69) is 16.0 Å². The zero-order chi connectivity index (χ0) is 22.8. The summed E-state index contributed by atoms with van der Waals surface area (Å²) in [5.74, 6) is -3.82. The van der Waals surface area contributed by atoms with Crippen LogP contribution in [0, 0.1) is 0 Å². The van der Waals surface area contributed by atoms with E-state index in [0.717, 1.165) is 5.56 Å². The molecule has 30 heavy (non-hydrogen) atoms. The summed E-state index contributed by atoms with van der Waals surface area (Å²) in [5, 5.41) is 34.4. The van der Waals surface area contributed by atoms with Gasteiger partial charge in [0.1, 0.15) is 18.1 Å². The van der Waals surface area contributed by atoms with E-state index in [-0.39, 0.29) is 6.42 Å². The van der Waals surface area contributed by atoms with Gasteiger partial charge in [-0.1, -0.05) is 30.3 Å². The van der Waals surface area contributed by atoms with Gasteiger partial charge in [-0.15, -0.1) is 0 Å². The van der Waals surface area contributed by atoms with E-state index >= 15 is 0 Å². The third-order valence-electron chi connectivity index (χ3n) is 4.25. The van der Waals surface area contributed by atoms with Gasteiger partial charge in [0.2, 0.25) is 17.7 Å². The number of benzene rings is 1. The molecule has 0 saturated carbocycles. The van der Waals surface area contributed by atoms with E-state index < -0.39 is 60.6 Å². The lowest BCUT2D eigenvalue weighted by Crippen LogP contribution is -2.59. The molecule has 0 radical (unpaired) electrons. The number of nitrogens with two attached hydrogens (primary N) is 1. The Balaban J connectivity index is 2.70. The van der Waals surface area contributed by atoms with Crippen molar-refractivity contribution in [2.45, 2.75) is 50.5 Å². The molecule has 1 aromatic rings. The van der Waals surface area contributed by atoms with E-state index in [9.17, 15) is 24.3 Å². The lowest BCUT2D eigenvalue weighted by Gasteiger charge is -2.25. The standard InChI is InChI=1S/C19H28N4O7/c1-10(16(26)22-14(9-24)19(29)30)21-18(28)15(11(2)25)23-17(27)13(20)8-12-6-4-3-5-7-12/h3-7,10-11,13-15,24-25H,8-9,20H2,1-2H3,(H,21,28)(H,22,26)(H,23,27)(H,29,30). The van der Waals surface area contributed by atoms with Crippen molar-refractivity contribution in [2.75, 3.05) is 6.61 Å². The van der Waals surface area contributed by atoms with Crippen molar-refractivity contribution in [3.8, 4) is 0 Å². The number of aliphatic carboxylic acids is 1. The van der Waals surface area contributed by atoms with Crippen molar-refractivity contribution in [2.24, 2.45) is 5.73 Å². The Morgan fingerprint density at radius 2 is 1.57 bits per heavy atom. The summed E-state index contributed by atoms with van der Waals surface area (Å²) in [6.07, 6.45) is -1.07. The molecule has 11 heteroatoms. The van der Waals surface area contributed by atoms with Crippen molar-refractivity contribution < 1.29 is 34.5 Å². The maximum Gasteiger partial charge on any atom is 0.328 e. The highest BCUT2D eigenvalue weighted by Crippen LogP contribution is 2.03. The quantitative estimate of drug-likeness (QED) is 0.202. The molecule has 0 aliphatic carbocycles. The molecule has 166 valence electrons. The molecule has 1 aromatic carbocycles. The van der Waals surface area contributed by atoms with E-state index in [0.29, 0.717) is 0 Å². The first-order chi connectivity index (χ1) is 14.1. The van der Waals surface area contributed by atoms with E-state index in [1.54, 1.807) is 24.3 Å². The van der Waals surface area contributed by atoms with E-state index in [4.69, 9.17) is 15.9 Å². The van der Waals surface area contributed by atoms with Crippen LogP contribution in [-0.4, -0.2) is 75.9 Å². The highest BCUT2D eigenvalue weighted by molar-refractivity contribution is 5.94. The first-order valence-electron chi connectivity index (χ1n) is 9.29. The molecule has 5 unspecified atom stereocenters. The second-order valence-electron chi connectivity index (χ2n) is 6.84. The Morgan fingerprint density at radius 1 is 0.967 bits per heavy atom. The number of rotatable bonds is 11. The van der Waals surface area contributed by atoms with Crippen LogP contribution in [-0.2, 0) is 25.6 Å². The molecule has 0 fully saturated rings. The second-order valence-corrected chi connectivity index (χ2v) is 6.84. The molecule has 0 aromatic heterocycles. The van der Waals surface area contributed by atoms with Crippen LogP contribution >= 0.6 is 0 Å². The van der Waals surface area contributed by atoms with Crippen LogP contribution < -0.4 is 21.7 Å². The summed E-state index contributed by atoms with van der Waals surface area (Å²) in [7, 11) is 0. The molecule has 11 nitrogen and oxygen atoms in total. The van der Waals surface area contributed by atoms with Gasteiger partial charge in [0, 0.05) is 0 Å². The number of carbonyl (C=O) groups excluding carboxylic acids is 3. The van der Waals surface area contributed by atoms with Crippen LogP contribution in [0.5, 0.6) is 0 Å². The number of hydrogen-bond acceptors (Lipinski definition) is 7. The van der Waals surface area contributed by atoms with Gasteiger partial charge in [0.05, 0.1) is 18.8 Å². The highest BCUT2D eigenvalue weighted by atomic mass is 16.4. The SMILES string of the molecule is CC(NC(=O)C(NC(=O)C(N)Cc1ccccc1)C(C)O)C(=O)NC(CO)C(=O)O. The number of carboxylic acids is 1. The highest BCUT2D eigenvalue weighted by Gasteiger charge is 2.30. The minimum absolute atomic E-state index is 0.220. The summed E-state index contributed by atoms with van der Waals surface area (Å²) < 4.78 is 0. The number of carbonyl (C=O) groups is 4. The molecule has 0 spiro atoms. The average Bonchev–Trinajstić information content (AvgIpc) is 2.69. The summed E-state index contributed by atoms with van der Waals surface area (Å²) in [6.45, 7) is 1.74. The molecule has 0 aliphatic heterocycles. The van der Waals surface area contributed by atoms with Gasteiger partial charge >= 0.3 is 5.97 Å². The molecule has 8 N–H and O–H groups in total.